The maximum Gasteiger partial charge on any atom is 0.292 e. The fourth-order valence-electron chi connectivity index (χ4n) is 1.91. The zero-order valence-electron chi connectivity index (χ0n) is 11.2. The van der Waals surface area contributed by atoms with E-state index in [-0.39, 0.29) is 5.75 Å². The Balaban J connectivity index is 2.15. The Morgan fingerprint density at radius 3 is 2.65 bits per heavy atom. The first-order chi connectivity index (χ1) is 9.74. The van der Waals surface area contributed by atoms with Crippen LogP contribution in [0.1, 0.15) is 18.1 Å². The monoisotopic (exact) mass is 269 g/mol. The van der Waals surface area contributed by atoms with Crippen LogP contribution < -0.4 is 9.47 Å². The summed E-state index contributed by atoms with van der Waals surface area (Å²) in [5.74, 6) is 1.44. The Morgan fingerprint density at radius 2 is 1.90 bits per heavy atom. The Bertz CT molecular complexity index is 626. The summed E-state index contributed by atoms with van der Waals surface area (Å²) in [6, 6.07) is 12.2. The van der Waals surface area contributed by atoms with Gasteiger partial charge in [0.25, 0.3) is 6.26 Å². The number of para-hydroxylation sites is 1. The van der Waals surface area contributed by atoms with E-state index in [1.807, 2.05) is 19.1 Å². The van der Waals surface area contributed by atoms with Gasteiger partial charge < -0.3 is 14.6 Å². The lowest BCUT2D eigenvalue weighted by Gasteiger charge is -2.12. The number of phenolic OH excluding ortho intramolecular Hbond substituents is 1. The van der Waals surface area contributed by atoms with Crippen LogP contribution in [0.25, 0.3) is 0 Å². The van der Waals surface area contributed by atoms with Crippen molar-refractivity contribution in [1.82, 2.24) is 0 Å². The minimum absolute atomic E-state index is 0.224. The molecule has 0 fully saturated rings. The van der Waals surface area contributed by atoms with E-state index in [0.717, 1.165) is 23.3 Å². The fourth-order valence-corrected chi connectivity index (χ4v) is 1.91. The van der Waals surface area contributed by atoms with Crippen LogP contribution in [0.2, 0.25) is 0 Å². The Morgan fingerprint density at radius 1 is 1.10 bits per heavy atom. The molecule has 4 heteroatoms. The second-order valence-corrected chi connectivity index (χ2v) is 4.24. The first kappa shape index (κ1) is 13.8. The summed E-state index contributed by atoms with van der Waals surface area (Å²) >= 11 is 0. The maximum absolute atomic E-state index is 9.46. The molecular weight excluding hydrogens is 254 g/mol. The van der Waals surface area contributed by atoms with Gasteiger partial charge in [-0.15, -0.1) is 5.26 Å². The first-order valence-electron chi connectivity index (χ1n) is 6.33. The standard InChI is InChI=1S/C16H15NO3/c1-2-12-9-14(18)7-8-16(12)19-10-13-5-3-4-6-15(13)20-11-17/h3-9,18H,2,10H2,1H3. The largest absolute Gasteiger partial charge is 0.508 e. The average molecular weight is 269 g/mol. The molecule has 2 rings (SSSR count). The van der Waals surface area contributed by atoms with Crippen molar-refractivity contribution in [3.05, 3.63) is 53.6 Å². The van der Waals surface area contributed by atoms with Crippen molar-refractivity contribution >= 4 is 0 Å². The van der Waals surface area contributed by atoms with Gasteiger partial charge in [0.15, 0.2) is 0 Å². The van der Waals surface area contributed by atoms with Gasteiger partial charge in [0, 0.05) is 5.56 Å². The number of phenols is 1. The zero-order valence-corrected chi connectivity index (χ0v) is 11.2. The molecule has 0 heterocycles. The van der Waals surface area contributed by atoms with Gasteiger partial charge in [0.1, 0.15) is 23.9 Å². The summed E-state index contributed by atoms with van der Waals surface area (Å²) in [6.45, 7) is 2.30. The summed E-state index contributed by atoms with van der Waals surface area (Å²) in [4.78, 5) is 0. The number of hydrogen-bond acceptors (Lipinski definition) is 4. The lowest BCUT2D eigenvalue weighted by atomic mass is 10.1. The van der Waals surface area contributed by atoms with E-state index < -0.39 is 0 Å². The fraction of sp³-hybridized carbons (Fsp3) is 0.188. The second-order valence-electron chi connectivity index (χ2n) is 4.24. The van der Waals surface area contributed by atoms with Crippen LogP contribution >= 0.6 is 0 Å². The number of nitriles is 1. The molecule has 0 radical (unpaired) electrons. The van der Waals surface area contributed by atoms with Crippen LogP contribution in [0, 0.1) is 11.5 Å². The number of benzene rings is 2. The van der Waals surface area contributed by atoms with Crippen molar-refractivity contribution in [1.29, 1.82) is 5.26 Å². The molecule has 0 spiro atoms. The summed E-state index contributed by atoms with van der Waals surface area (Å²) in [5.41, 5.74) is 1.73. The van der Waals surface area contributed by atoms with Crippen molar-refractivity contribution in [3.8, 4) is 23.5 Å². The topological polar surface area (TPSA) is 62.5 Å². The number of ether oxygens (including phenoxy) is 2. The maximum atomic E-state index is 9.46. The van der Waals surface area contributed by atoms with Gasteiger partial charge >= 0.3 is 0 Å². The van der Waals surface area contributed by atoms with Gasteiger partial charge in [-0.3, -0.25) is 0 Å². The van der Waals surface area contributed by atoms with E-state index in [2.05, 4.69) is 0 Å². The van der Waals surface area contributed by atoms with Crippen molar-refractivity contribution in [2.45, 2.75) is 20.0 Å². The molecule has 0 saturated carbocycles. The molecule has 102 valence electrons. The molecule has 4 nitrogen and oxygen atoms in total. The zero-order chi connectivity index (χ0) is 14.4. The molecule has 0 atom stereocenters. The number of aromatic hydroxyl groups is 1. The van der Waals surface area contributed by atoms with E-state index in [1.54, 1.807) is 36.6 Å². The minimum atomic E-state index is 0.224. The molecule has 0 aromatic heterocycles. The Labute approximate surface area is 117 Å². The van der Waals surface area contributed by atoms with E-state index in [0.29, 0.717) is 12.4 Å². The molecule has 0 unspecified atom stereocenters. The molecule has 0 aliphatic rings. The van der Waals surface area contributed by atoms with Crippen LogP contribution in [-0.4, -0.2) is 5.11 Å². The molecule has 0 aliphatic heterocycles. The van der Waals surface area contributed by atoms with Crippen LogP contribution in [-0.2, 0) is 13.0 Å². The number of aryl methyl sites for hydroxylation is 1. The second kappa shape index (κ2) is 6.48. The third-order valence-electron chi connectivity index (χ3n) is 2.94. The molecule has 2 aromatic carbocycles. The molecule has 0 bridgehead atoms. The van der Waals surface area contributed by atoms with Gasteiger partial charge in [-0.2, -0.15) is 0 Å². The lowest BCUT2D eigenvalue weighted by Crippen LogP contribution is -2.00. The molecule has 0 saturated heterocycles. The highest BCUT2D eigenvalue weighted by Crippen LogP contribution is 2.26. The normalized spacial score (nSPS) is 9.80. The number of nitrogens with zero attached hydrogens (tertiary/aromatic N) is 1. The average Bonchev–Trinajstić information content (AvgIpc) is 2.47. The van der Waals surface area contributed by atoms with Crippen molar-refractivity contribution in [2.75, 3.05) is 0 Å². The Hall–Kier alpha value is -2.67. The van der Waals surface area contributed by atoms with Crippen molar-refractivity contribution in [3.63, 3.8) is 0 Å². The van der Waals surface area contributed by atoms with Gasteiger partial charge in [-0.05, 0) is 36.2 Å². The van der Waals surface area contributed by atoms with E-state index in [9.17, 15) is 5.11 Å². The predicted octanol–water partition coefficient (Wildman–Crippen LogP) is 3.39. The molecule has 0 aliphatic carbocycles. The van der Waals surface area contributed by atoms with Gasteiger partial charge in [0.05, 0.1) is 0 Å². The molecular formula is C16H15NO3. The summed E-state index contributed by atoms with van der Waals surface area (Å²) in [7, 11) is 0. The third kappa shape index (κ3) is 3.21. The van der Waals surface area contributed by atoms with Crippen LogP contribution in [0.4, 0.5) is 0 Å². The summed E-state index contributed by atoms with van der Waals surface area (Å²) in [5, 5.41) is 18.1. The van der Waals surface area contributed by atoms with Gasteiger partial charge in [0.2, 0.25) is 0 Å². The SMILES string of the molecule is CCc1cc(O)ccc1OCc1ccccc1OC#N. The van der Waals surface area contributed by atoms with E-state index in [4.69, 9.17) is 14.7 Å². The Kier molecular flexibility index (Phi) is 4.46. The quantitative estimate of drug-likeness (QED) is 0.845. The van der Waals surface area contributed by atoms with Crippen molar-refractivity contribution < 1.29 is 14.6 Å². The minimum Gasteiger partial charge on any atom is -0.508 e. The highest BCUT2D eigenvalue weighted by molar-refractivity contribution is 5.40. The molecule has 20 heavy (non-hydrogen) atoms. The predicted molar refractivity (Wildman–Crippen MR) is 74.5 cm³/mol. The smallest absolute Gasteiger partial charge is 0.292 e. The van der Waals surface area contributed by atoms with Crippen LogP contribution in [0.3, 0.4) is 0 Å². The highest BCUT2D eigenvalue weighted by atomic mass is 16.5. The summed E-state index contributed by atoms with van der Waals surface area (Å²) < 4.78 is 10.6. The first-order valence-corrected chi connectivity index (χ1v) is 6.33. The molecule has 1 N–H and O–H groups in total. The van der Waals surface area contributed by atoms with E-state index >= 15 is 0 Å². The van der Waals surface area contributed by atoms with Gasteiger partial charge in [-0.25, -0.2) is 0 Å². The molecule has 2 aromatic rings. The highest BCUT2D eigenvalue weighted by Gasteiger charge is 2.07. The number of rotatable bonds is 5. The van der Waals surface area contributed by atoms with E-state index in [1.165, 1.54) is 0 Å². The lowest BCUT2D eigenvalue weighted by molar-refractivity contribution is 0.297. The van der Waals surface area contributed by atoms with Crippen LogP contribution in [0.15, 0.2) is 42.5 Å². The van der Waals surface area contributed by atoms with Gasteiger partial charge in [-0.1, -0.05) is 25.1 Å². The molecule has 0 amide bonds. The summed E-state index contributed by atoms with van der Waals surface area (Å²) in [6.07, 6.45) is 2.43. The number of hydrogen-bond donors (Lipinski definition) is 1. The van der Waals surface area contributed by atoms with Crippen LogP contribution in [0.5, 0.6) is 17.2 Å². The third-order valence-corrected chi connectivity index (χ3v) is 2.94. The van der Waals surface area contributed by atoms with Crippen molar-refractivity contribution in [2.24, 2.45) is 0 Å².